The molecule has 3 unspecified atom stereocenters. The van der Waals surface area contributed by atoms with Gasteiger partial charge in [0.1, 0.15) is 13.2 Å². The average molecular weight is 767 g/mol. The summed E-state index contributed by atoms with van der Waals surface area (Å²) < 4.78 is 22.9. The van der Waals surface area contributed by atoms with Gasteiger partial charge in [-0.25, -0.2) is 0 Å². The highest BCUT2D eigenvalue weighted by atomic mass is 31.2. The molecule has 0 aliphatic heterocycles. The highest BCUT2D eigenvalue weighted by Gasteiger charge is 2.23. The minimum atomic E-state index is -4.57. The molecule has 9 heteroatoms. The van der Waals surface area contributed by atoms with Gasteiger partial charge in [0.2, 0.25) is 5.91 Å². The van der Waals surface area contributed by atoms with E-state index >= 15 is 0 Å². The summed E-state index contributed by atoms with van der Waals surface area (Å²) in [6.07, 6.45) is 45.2. The van der Waals surface area contributed by atoms with Gasteiger partial charge in [-0.15, -0.1) is 0 Å². The second-order valence-electron chi connectivity index (χ2n) is 15.7. The zero-order valence-electron chi connectivity index (χ0n) is 35.0. The van der Waals surface area contributed by atoms with Gasteiger partial charge in [-0.2, -0.15) is 0 Å². The molecular formula is C44H83N2O6P. The summed E-state index contributed by atoms with van der Waals surface area (Å²) in [5.74, 6) is -0.211. The van der Waals surface area contributed by atoms with E-state index in [4.69, 9.17) is 9.05 Å². The Hall–Kier alpha value is -1.54. The Kier molecular flexibility index (Phi) is 35.1. The van der Waals surface area contributed by atoms with E-state index < -0.39 is 20.0 Å². The lowest BCUT2D eigenvalue weighted by Gasteiger charge is -2.29. The monoisotopic (exact) mass is 767 g/mol. The molecule has 0 aromatic heterocycles. The summed E-state index contributed by atoms with van der Waals surface area (Å²) in [4.78, 5) is 25.0. The van der Waals surface area contributed by atoms with Crippen molar-refractivity contribution in [3.05, 3.63) is 48.6 Å². The van der Waals surface area contributed by atoms with Crippen LogP contribution in [-0.4, -0.2) is 68.5 Å². The molecule has 0 rings (SSSR count). The first kappa shape index (κ1) is 51.5. The van der Waals surface area contributed by atoms with E-state index in [1.807, 2.05) is 27.2 Å². The van der Waals surface area contributed by atoms with E-state index in [2.05, 4.69) is 55.6 Å². The molecule has 2 N–H and O–H groups in total. The number of aliphatic hydroxyl groups is 1. The van der Waals surface area contributed by atoms with Crippen molar-refractivity contribution in [2.24, 2.45) is 0 Å². The first-order valence-corrected chi connectivity index (χ1v) is 23.0. The van der Waals surface area contributed by atoms with E-state index in [1.165, 1.54) is 103 Å². The number of phosphoric ester groups is 1. The van der Waals surface area contributed by atoms with Crippen molar-refractivity contribution in [2.45, 2.75) is 187 Å². The molecule has 0 radical (unpaired) electrons. The first-order chi connectivity index (χ1) is 25.5. The highest BCUT2D eigenvalue weighted by Crippen LogP contribution is 2.38. The number of amides is 1. The molecule has 0 fully saturated rings. The van der Waals surface area contributed by atoms with Gasteiger partial charge in [0.25, 0.3) is 7.82 Å². The lowest BCUT2D eigenvalue weighted by molar-refractivity contribution is -0.870. The molecule has 0 spiro atoms. The number of hydrogen-bond acceptors (Lipinski definition) is 6. The zero-order valence-corrected chi connectivity index (χ0v) is 35.8. The third kappa shape index (κ3) is 38.5. The van der Waals surface area contributed by atoms with Crippen LogP contribution in [0.3, 0.4) is 0 Å². The zero-order chi connectivity index (χ0) is 39.3. The molecule has 53 heavy (non-hydrogen) atoms. The van der Waals surface area contributed by atoms with E-state index in [1.54, 1.807) is 6.08 Å². The van der Waals surface area contributed by atoms with Gasteiger partial charge in [-0.3, -0.25) is 9.36 Å². The van der Waals surface area contributed by atoms with Gasteiger partial charge in [0.05, 0.1) is 39.9 Å². The number of aliphatic hydroxyl groups excluding tert-OH is 1. The van der Waals surface area contributed by atoms with Crippen LogP contribution >= 0.6 is 7.82 Å². The number of hydrogen-bond donors (Lipinski definition) is 2. The summed E-state index contributed by atoms with van der Waals surface area (Å²) in [6, 6.07) is -0.883. The molecule has 0 bridgehead atoms. The van der Waals surface area contributed by atoms with Crippen molar-refractivity contribution >= 4 is 13.7 Å². The van der Waals surface area contributed by atoms with Gasteiger partial charge in [-0.1, -0.05) is 165 Å². The molecule has 0 saturated carbocycles. The third-order valence-corrected chi connectivity index (χ3v) is 10.2. The van der Waals surface area contributed by atoms with Crippen molar-refractivity contribution in [1.29, 1.82) is 0 Å². The normalized spacial score (nSPS) is 14.9. The van der Waals surface area contributed by atoms with Gasteiger partial charge < -0.3 is 28.8 Å². The number of rotatable bonds is 38. The minimum absolute atomic E-state index is 0.00398. The van der Waals surface area contributed by atoms with Crippen molar-refractivity contribution in [2.75, 3.05) is 40.9 Å². The van der Waals surface area contributed by atoms with Crippen LogP contribution in [0.15, 0.2) is 48.6 Å². The Bertz CT molecular complexity index is 1010. The third-order valence-electron chi connectivity index (χ3n) is 9.28. The fourth-order valence-electron chi connectivity index (χ4n) is 5.79. The summed E-state index contributed by atoms with van der Waals surface area (Å²) >= 11 is 0. The topological polar surface area (TPSA) is 108 Å². The van der Waals surface area contributed by atoms with Crippen LogP contribution in [0, 0.1) is 0 Å². The van der Waals surface area contributed by atoms with Crippen molar-refractivity contribution in [1.82, 2.24) is 5.32 Å². The molecule has 310 valence electrons. The first-order valence-electron chi connectivity index (χ1n) is 21.5. The Balaban J connectivity index is 3.96. The Morgan fingerprint density at radius 1 is 0.660 bits per heavy atom. The number of carbonyl (C=O) groups excluding carboxylic acids is 1. The van der Waals surface area contributed by atoms with Gasteiger partial charge in [-0.05, 0) is 51.4 Å². The van der Waals surface area contributed by atoms with Crippen molar-refractivity contribution in [3.8, 4) is 0 Å². The maximum atomic E-state index is 12.7. The lowest BCUT2D eigenvalue weighted by Crippen LogP contribution is -2.45. The molecule has 0 aliphatic rings. The Morgan fingerprint density at radius 2 is 1.11 bits per heavy atom. The summed E-state index contributed by atoms with van der Waals surface area (Å²) in [5.41, 5.74) is 0. The van der Waals surface area contributed by atoms with Gasteiger partial charge in [0.15, 0.2) is 0 Å². The molecule has 0 aliphatic carbocycles. The number of likely N-dealkylation sites (N-methyl/N-ethyl adjacent to an activating group) is 1. The molecule has 8 nitrogen and oxygen atoms in total. The van der Waals surface area contributed by atoms with E-state index in [0.717, 1.165) is 51.4 Å². The molecule has 0 aromatic rings. The largest absolute Gasteiger partial charge is 0.756 e. The van der Waals surface area contributed by atoms with Crippen LogP contribution < -0.4 is 10.2 Å². The maximum absolute atomic E-state index is 12.7. The highest BCUT2D eigenvalue weighted by molar-refractivity contribution is 7.45. The second-order valence-corrected chi connectivity index (χ2v) is 17.1. The second kappa shape index (κ2) is 36.1. The maximum Gasteiger partial charge on any atom is 0.268 e. The Morgan fingerprint density at radius 3 is 1.62 bits per heavy atom. The number of quaternary nitrogens is 1. The lowest BCUT2D eigenvalue weighted by atomic mass is 10.0. The minimum Gasteiger partial charge on any atom is -0.756 e. The fraction of sp³-hybridized carbons (Fsp3) is 0.795. The van der Waals surface area contributed by atoms with Crippen LogP contribution in [0.1, 0.15) is 174 Å². The molecule has 3 atom stereocenters. The summed E-state index contributed by atoms with van der Waals surface area (Å²) in [5, 5.41) is 13.5. The smallest absolute Gasteiger partial charge is 0.268 e. The van der Waals surface area contributed by atoms with Crippen molar-refractivity contribution < 1.29 is 32.9 Å². The Labute approximate surface area is 327 Å². The number of allylic oxidation sites excluding steroid dienone is 7. The van der Waals surface area contributed by atoms with E-state index in [-0.39, 0.29) is 19.1 Å². The number of unbranched alkanes of at least 4 members (excludes halogenated alkanes) is 19. The number of carbonyl (C=O) groups is 1. The molecular weight excluding hydrogens is 683 g/mol. The van der Waals surface area contributed by atoms with Crippen LogP contribution in [0.5, 0.6) is 0 Å². The van der Waals surface area contributed by atoms with Crippen LogP contribution in [0.4, 0.5) is 0 Å². The predicted octanol–water partition coefficient (Wildman–Crippen LogP) is 11.1. The number of phosphoric acid groups is 1. The molecule has 0 heterocycles. The summed E-state index contributed by atoms with van der Waals surface area (Å²) in [6.45, 7) is 4.46. The SMILES string of the molecule is CCCC/C=C/C(O)C(COP(=O)([O-])OCC[N+](C)(C)C)NC(=O)CCCCCCCCCCCCCC/C=C\C/C=C\C/C=C\CCCCCCC. The fourth-order valence-corrected chi connectivity index (χ4v) is 6.51. The van der Waals surface area contributed by atoms with Crippen LogP contribution in [0.25, 0.3) is 0 Å². The van der Waals surface area contributed by atoms with E-state index in [9.17, 15) is 19.4 Å². The number of nitrogens with one attached hydrogen (secondary N) is 1. The van der Waals surface area contributed by atoms with E-state index in [0.29, 0.717) is 17.4 Å². The standard InChI is InChI=1S/C44H83N2O6P/c1-6-8-10-12-13-14-15-16-17-18-19-20-21-22-23-24-25-26-27-28-29-30-31-32-33-34-36-38-44(48)45-42(43(47)37-35-11-9-7-2)41-52-53(49,50)51-40-39-46(3,4)5/h15-16,18-19,21-22,35,37,42-43,47H,6-14,17,20,23-34,36,38-41H2,1-5H3,(H-,45,48,49,50)/b16-15-,19-18-,22-21-,37-35+. The molecule has 0 saturated heterocycles. The van der Waals surface area contributed by atoms with Crippen molar-refractivity contribution in [3.63, 3.8) is 0 Å². The quantitative estimate of drug-likeness (QED) is 0.0280. The average Bonchev–Trinajstić information content (AvgIpc) is 3.10. The summed E-state index contributed by atoms with van der Waals surface area (Å²) in [7, 11) is 1.25. The van der Waals surface area contributed by atoms with Crippen LogP contribution in [-0.2, 0) is 18.4 Å². The molecule has 0 aromatic carbocycles. The van der Waals surface area contributed by atoms with Gasteiger partial charge >= 0.3 is 0 Å². The predicted molar refractivity (Wildman–Crippen MR) is 224 cm³/mol. The van der Waals surface area contributed by atoms with Gasteiger partial charge in [0, 0.05) is 6.42 Å². The van der Waals surface area contributed by atoms with Crippen LogP contribution in [0.2, 0.25) is 0 Å². The number of nitrogens with zero attached hydrogens (tertiary/aromatic N) is 1. The molecule has 1 amide bonds.